The minimum absolute atomic E-state index is 0.352. The van der Waals surface area contributed by atoms with Gasteiger partial charge in [-0.3, -0.25) is 4.79 Å². The van der Waals surface area contributed by atoms with Crippen molar-refractivity contribution in [3.63, 3.8) is 0 Å². The van der Waals surface area contributed by atoms with Crippen molar-refractivity contribution in [2.45, 2.75) is 33.8 Å². The molecule has 0 saturated heterocycles. The highest BCUT2D eigenvalue weighted by molar-refractivity contribution is 5.76. The summed E-state index contributed by atoms with van der Waals surface area (Å²) in [7, 11) is 0. The van der Waals surface area contributed by atoms with Crippen LogP contribution >= 0.6 is 0 Å². The van der Waals surface area contributed by atoms with Crippen LogP contribution in [0.5, 0.6) is 0 Å². The van der Waals surface area contributed by atoms with E-state index in [4.69, 9.17) is 4.74 Å². The van der Waals surface area contributed by atoms with E-state index in [1.54, 1.807) is 27.7 Å². The van der Waals surface area contributed by atoms with E-state index in [0.29, 0.717) is 6.61 Å². The molecule has 0 aliphatic heterocycles. The van der Waals surface area contributed by atoms with Gasteiger partial charge in [0.2, 0.25) is 0 Å². The lowest BCUT2D eigenvalue weighted by Gasteiger charge is -2.24. The average Bonchev–Trinajstić information content (AvgIpc) is 1.88. The molecule has 66 valence electrons. The van der Waals surface area contributed by atoms with Crippen molar-refractivity contribution >= 4 is 5.97 Å². The second-order valence-corrected chi connectivity index (χ2v) is 3.12. The van der Waals surface area contributed by atoms with Gasteiger partial charge >= 0.3 is 5.97 Å². The molecule has 0 aliphatic rings. The average molecular weight is 160 g/mol. The van der Waals surface area contributed by atoms with Crippen molar-refractivity contribution in [2.75, 3.05) is 6.61 Å². The van der Waals surface area contributed by atoms with E-state index in [2.05, 4.69) is 0 Å². The van der Waals surface area contributed by atoms with Crippen LogP contribution in [0.2, 0.25) is 0 Å². The molecule has 0 fully saturated rings. The van der Waals surface area contributed by atoms with Gasteiger partial charge in [0.05, 0.1) is 18.1 Å². The molecule has 0 aromatic carbocycles. The Bertz CT molecular complexity index is 138. The zero-order chi connectivity index (χ0) is 9.07. The third-order valence-corrected chi connectivity index (χ3v) is 1.85. The SMILES string of the molecule is CCOC(=O)C(C)(C)[C@@H](C)O. The molecule has 0 radical (unpaired) electrons. The Morgan fingerprint density at radius 1 is 1.64 bits per heavy atom. The first-order valence-electron chi connectivity index (χ1n) is 3.78. The minimum Gasteiger partial charge on any atom is -0.466 e. The maximum absolute atomic E-state index is 11.1. The summed E-state index contributed by atoms with van der Waals surface area (Å²) in [5.41, 5.74) is -0.796. The van der Waals surface area contributed by atoms with Crippen molar-refractivity contribution in [1.82, 2.24) is 0 Å². The third kappa shape index (κ3) is 2.50. The number of rotatable bonds is 3. The lowest BCUT2D eigenvalue weighted by molar-refractivity contribution is -0.159. The summed E-state index contributed by atoms with van der Waals surface area (Å²) in [6.45, 7) is 7.01. The van der Waals surface area contributed by atoms with Gasteiger partial charge in [0, 0.05) is 0 Å². The van der Waals surface area contributed by atoms with Crippen LogP contribution in [0, 0.1) is 5.41 Å². The fourth-order valence-electron chi connectivity index (χ4n) is 0.488. The van der Waals surface area contributed by atoms with Crippen LogP contribution in [0.1, 0.15) is 27.7 Å². The predicted octanol–water partition coefficient (Wildman–Crippen LogP) is 0.956. The fourth-order valence-corrected chi connectivity index (χ4v) is 0.488. The Balaban J connectivity index is 4.18. The number of aliphatic hydroxyl groups is 1. The van der Waals surface area contributed by atoms with Gasteiger partial charge in [-0.25, -0.2) is 0 Å². The largest absolute Gasteiger partial charge is 0.466 e. The highest BCUT2D eigenvalue weighted by Gasteiger charge is 2.34. The Kier molecular flexibility index (Phi) is 3.52. The van der Waals surface area contributed by atoms with Crippen LogP contribution in [0.4, 0.5) is 0 Å². The van der Waals surface area contributed by atoms with Gasteiger partial charge in [-0.2, -0.15) is 0 Å². The van der Waals surface area contributed by atoms with E-state index < -0.39 is 11.5 Å². The van der Waals surface area contributed by atoms with Gasteiger partial charge in [-0.15, -0.1) is 0 Å². The molecule has 1 atom stereocenters. The molecule has 0 saturated carbocycles. The Labute approximate surface area is 67.4 Å². The fraction of sp³-hybridized carbons (Fsp3) is 0.875. The number of hydrogen-bond donors (Lipinski definition) is 1. The maximum atomic E-state index is 11.1. The Morgan fingerprint density at radius 2 is 2.09 bits per heavy atom. The van der Waals surface area contributed by atoms with Crippen molar-refractivity contribution in [3.05, 3.63) is 0 Å². The number of carbonyl (C=O) groups excluding carboxylic acids is 1. The molecule has 0 aromatic heterocycles. The smallest absolute Gasteiger partial charge is 0.314 e. The molecule has 0 amide bonds. The second kappa shape index (κ2) is 3.72. The summed E-state index contributed by atoms with van der Waals surface area (Å²) in [6.07, 6.45) is -0.679. The van der Waals surface area contributed by atoms with E-state index in [1.807, 2.05) is 0 Å². The second-order valence-electron chi connectivity index (χ2n) is 3.12. The standard InChI is InChI=1S/C8H16O3/c1-5-11-7(10)8(3,4)6(2)9/h6,9H,5H2,1-4H3/t6-/m1/s1. The van der Waals surface area contributed by atoms with Crippen molar-refractivity contribution in [3.8, 4) is 0 Å². The lowest BCUT2D eigenvalue weighted by atomic mass is 9.88. The van der Waals surface area contributed by atoms with Crippen LogP contribution in [0.25, 0.3) is 0 Å². The summed E-state index contributed by atoms with van der Waals surface area (Å²) in [5, 5.41) is 9.18. The Hall–Kier alpha value is -0.570. The van der Waals surface area contributed by atoms with Gasteiger partial charge in [0.1, 0.15) is 0 Å². The van der Waals surface area contributed by atoms with Crippen molar-refractivity contribution in [2.24, 2.45) is 5.41 Å². The molecule has 0 heterocycles. The molecule has 0 bridgehead atoms. The van der Waals surface area contributed by atoms with E-state index in [0.717, 1.165) is 0 Å². The van der Waals surface area contributed by atoms with Gasteiger partial charge in [0.15, 0.2) is 0 Å². The number of aliphatic hydroxyl groups excluding tert-OH is 1. The minimum atomic E-state index is -0.796. The summed E-state index contributed by atoms with van der Waals surface area (Å²) < 4.78 is 4.77. The quantitative estimate of drug-likeness (QED) is 0.625. The molecule has 0 aromatic rings. The summed E-state index contributed by atoms with van der Waals surface area (Å²) in [6, 6.07) is 0. The van der Waals surface area contributed by atoms with E-state index in [1.165, 1.54) is 0 Å². The van der Waals surface area contributed by atoms with Crippen molar-refractivity contribution < 1.29 is 14.6 Å². The number of esters is 1. The molecule has 0 spiro atoms. The van der Waals surface area contributed by atoms with E-state index >= 15 is 0 Å². The van der Waals surface area contributed by atoms with E-state index in [9.17, 15) is 9.90 Å². The number of hydrogen-bond acceptors (Lipinski definition) is 3. The highest BCUT2D eigenvalue weighted by atomic mass is 16.5. The monoisotopic (exact) mass is 160 g/mol. The topological polar surface area (TPSA) is 46.5 Å². The first kappa shape index (κ1) is 10.4. The highest BCUT2D eigenvalue weighted by Crippen LogP contribution is 2.21. The molecule has 0 aliphatic carbocycles. The van der Waals surface area contributed by atoms with Gasteiger partial charge in [-0.05, 0) is 27.7 Å². The first-order chi connectivity index (χ1) is 4.92. The van der Waals surface area contributed by atoms with Crippen LogP contribution < -0.4 is 0 Å². The molecule has 0 unspecified atom stereocenters. The maximum Gasteiger partial charge on any atom is 0.314 e. The molecule has 1 N–H and O–H groups in total. The van der Waals surface area contributed by atoms with Gasteiger partial charge in [0.25, 0.3) is 0 Å². The number of ether oxygens (including phenoxy) is 1. The van der Waals surface area contributed by atoms with Crippen molar-refractivity contribution in [1.29, 1.82) is 0 Å². The first-order valence-corrected chi connectivity index (χ1v) is 3.78. The number of carbonyl (C=O) groups is 1. The summed E-state index contributed by atoms with van der Waals surface area (Å²) in [4.78, 5) is 11.1. The van der Waals surface area contributed by atoms with Crippen LogP contribution in [-0.2, 0) is 9.53 Å². The van der Waals surface area contributed by atoms with Crippen LogP contribution in [0.3, 0.4) is 0 Å². The summed E-state index contributed by atoms with van der Waals surface area (Å²) >= 11 is 0. The van der Waals surface area contributed by atoms with Gasteiger partial charge in [-0.1, -0.05) is 0 Å². The molecule has 3 heteroatoms. The molecule has 0 rings (SSSR count). The molecular weight excluding hydrogens is 144 g/mol. The summed E-state index contributed by atoms with van der Waals surface area (Å²) in [5.74, 6) is -0.352. The van der Waals surface area contributed by atoms with Crippen LogP contribution in [0.15, 0.2) is 0 Å². The van der Waals surface area contributed by atoms with E-state index in [-0.39, 0.29) is 5.97 Å². The lowest BCUT2D eigenvalue weighted by Crippen LogP contribution is -2.36. The zero-order valence-electron chi connectivity index (χ0n) is 7.55. The normalized spacial score (nSPS) is 14.3. The van der Waals surface area contributed by atoms with Gasteiger partial charge < -0.3 is 9.84 Å². The molecule has 3 nitrogen and oxygen atoms in total. The third-order valence-electron chi connectivity index (χ3n) is 1.85. The molecule has 11 heavy (non-hydrogen) atoms. The molecular formula is C8H16O3. The predicted molar refractivity (Wildman–Crippen MR) is 42.1 cm³/mol. The Morgan fingerprint density at radius 3 is 2.36 bits per heavy atom. The zero-order valence-corrected chi connectivity index (χ0v) is 7.55. The van der Waals surface area contributed by atoms with Crippen LogP contribution in [-0.4, -0.2) is 23.8 Å².